The summed E-state index contributed by atoms with van der Waals surface area (Å²) in [5, 5.41) is -0.0677. The smallest absolute Gasteiger partial charge is 0.334 e. The van der Waals surface area contributed by atoms with Gasteiger partial charge in [-0.15, -0.1) is 11.6 Å². The molecule has 0 aromatic rings. The average Bonchev–Trinajstić information content (AvgIpc) is 2.95. The Bertz CT molecular complexity index is 470. The van der Waals surface area contributed by atoms with Crippen LogP contribution < -0.4 is 0 Å². The van der Waals surface area contributed by atoms with Crippen LogP contribution in [-0.4, -0.2) is 29.2 Å². The van der Waals surface area contributed by atoms with Crippen molar-refractivity contribution in [2.75, 3.05) is 0 Å². The minimum Gasteiger partial charge on any atom is -0.455 e. The number of esters is 1. The van der Waals surface area contributed by atoms with Crippen molar-refractivity contribution < 1.29 is 14.3 Å². The molecule has 4 heteroatoms. The fourth-order valence-corrected chi connectivity index (χ4v) is 3.46. The Balaban J connectivity index is 1.91. The lowest BCUT2D eigenvalue weighted by Gasteiger charge is -2.22. The Morgan fingerprint density at radius 2 is 2.26 bits per heavy atom. The Hall–Kier alpha value is -0.800. The fourth-order valence-electron chi connectivity index (χ4n) is 3.18. The van der Waals surface area contributed by atoms with E-state index in [2.05, 4.69) is 19.6 Å². The number of hydrogen-bond acceptors (Lipinski definition) is 3. The molecule has 104 valence electrons. The number of fused-ring (bicyclic) bond motifs is 3. The normalized spacial score (nSPS) is 48.7. The van der Waals surface area contributed by atoms with E-state index >= 15 is 0 Å². The van der Waals surface area contributed by atoms with Gasteiger partial charge in [-0.1, -0.05) is 18.2 Å². The van der Waals surface area contributed by atoms with Crippen molar-refractivity contribution >= 4 is 17.6 Å². The van der Waals surface area contributed by atoms with Crippen molar-refractivity contribution in [3.8, 4) is 0 Å². The SMILES string of the molecule is C=C1C(=O)O[C@@H]2[C@H]3O[C@]3(C)CC/C=C(/C)[C@@H](Cl)C[C@@H]12. The lowest BCUT2D eigenvalue weighted by Crippen LogP contribution is -2.30. The van der Waals surface area contributed by atoms with E-state index in [0.29, 0.717) is 12.0 Å². The maximum absolute atomic E-state index is 11.8. The third-order valence-electron chi connectivity index (χ3n) is 4.65. The first-order chi connectivity index (χ1) is 8.92. The zero-order valence-electron chi connectivity index (χ0n) is 11.3. The molecule has 3 rings (SSSR count). The van der Waals surface area contributed by atoms with Crippen LogP contribution in [0.4, 0.5) is 0 Å². The first-order valence-corrected chi connectivity index (χ1v) is 7.24. The van der Waals surface area contributed by atoms with Crippen molar-refractivity contribution in [1.82, 2.24) is 0 Å². The van der Waals surface area contributed by atoms with Gasteiger partial charge in [0.05, 0.1) is 11.0 Å². The molecule has 0 radical (unpaired) electrons. The molecule has 5 atom stereocenters. The molecule has 0 bridgehead atoms. The highest BCUT2D eigenvalue weighted by Crippen LogP contribution is 2.50. The topological polar surface area (TPSA) is 38.8 Å². The zero-order chi connectivity index (χ0) is 13.8. The molecular weight excluding hydrogens is 264 g/mol. The van der Waals surface area contributed by atoms with Gasteiger partial charge >= 0.3 is 5.97 Å². The summed E-state index contributed by atoms with van der Waals surface area (Å²) in [4.78, 5) is 11.8. The number of alkyl halides is 1. The summed E-state index contributed by atoms with van der Waals surface area (Å²) in [5.41, 5.74) is 1.54. The molecule has 0 aromatic heterocycles. The lowest BCUT2D eigenvalue weighted by atomic mass is 9.84. The van der Waals surface area contributed by atoms with Crippen LogP contribution in [0, 0.1) is 5.92 Å². The number of allylic oxidation sites excluding steroid dienone is 2. The van der Waals surface area contributed by atoms with Crippen molar-refractivity contribution in [3.63, 3.8) is 0 Å². The molecule has 0 amide bonds. The van der Waals surface area contributed by atoms with Gasteiger partial charge in [-0.05, 0) is 33.1 Å². The van der Waals surface area contributed by atoms with Crippen molar-refractivity contribution in [2.45, 2.75) is 56.3 Å². The highest BCUT2D eigenvalue weighted by Gasteiger charge is 2.61. The molecule has 1 aliphatic carbocycles. The number of carbonyl (C=O) groups excluding carboxylic acids is 1. The highest BCUT2D eigenvalue weighted by atomic mass is 35.5. The molecule has 2 fully saturated rings. The van der Waals surface area contributed by atoms with Crippen LogP contribution in [0.25, 0.3) is 0 Å². The largest absolute Gasteiger partial charge is 0.455 e. The maximum atomic E-state index is 11.8. The quantitative estimate of drug-likeness (QED) is 0.225. The first-order valence-electron chi connectivity index (χ1n) is 6.81. The Morgan fingerprint density at radius 3 is 3.00 bits per heavy atom. The molecule has 2 saturated heterocycles. The second kappa shape index (κ2) is 4.35. The molecule has 0 N–H and O–H groups in total. The molecule has 0 spiro atoms. The van der Waals surface area contributed by atoms with Crippen LogP contribution in [0.15, 0.2) is 23.8 Å². The van der Waals surface area contributed by atoms with Gasteiger partial charge in [-0.25, -0.2) is 4.79 Å². The standard InChI is InChI=1S/C15H19ClO3/c1-8-5-4-6-15(3)13(19-15)12-10(7-11(8)16)9(2)14(17)18-12/h5,10-13H,2,4,6-7H2,1,3H3/b8-5-/t10-,11-,12-,13+,15+/m0/s1. The molecule has 2 aliphatic heterocycles. The van der Waals surface area contributed by atoms with Crippen LogP contribution in [0.5, 0.6) is 0 Å². The maximum Gasteiger partial charge on any atom is 0.334 e. The predicted octanol–water partition coefficient (Wildman–Crippen LogP) is 2.98. The van der Waals surface area contributed by atoms with Gasteiger partial charge in [-0.2, -0.15) is 0 Å². The summed E-state index contributed by atoms with van der Waals surface area (Å²) in [6.45, 7) is 8.01. The van der Waals surface area contributed by atoms with E-state index in [9.17, 15) is 4.79 Å². The second-order valence-electron chi connectivity index (χ2n) is 6.04. The number of halogens is 1. The van der Waals surface area contributed by atoms with E-state index in [-0.39, 0.29) is 35.1 Å². The summed E-state index contributed by atoms with van der Waals surface area (Å²) >= 11 is 6.43. The number of ether oxygens (including phenoxy) is 2. The van der Waals surface area contributed by atoms with Crippen molar-refractivity contribution in [3.05, 3.63) is 23.8 Å². The van der Waals surface area contributed by atoms with E-state index in [1.54, 1.807) is 0 Å². The Labute approximate surface area is 118 Å². The predicted molar refractivity (Wildman–Crippen MR) is 73.0 cm³/mol. The van der Waals surface area contributed by atoms with E-state index in [4.69, 9.17) is 21.1 Å². The van der Waals surface area contributed by atoms with E-state index in [0.717, 1.165) is 18.4 Å². The minimum atomic E-state index is -0.294. The van der Waals surface area contributed by atoms with Gasteiger partial charge in [0.15, 0.2) is 0 Å². The summed E-state index contributed by atoms with van der Waals surface area (Å²) in [5.74, 6) is -0.319. The molecule has 2 heterocycles. The Kier molecular flexibility index (Phi) is 3.02. The van der Waals surface area contributed by atoms with Gasteiger partial charge in [0.1, 0.15) is 12.2 Å². The van der Waals surface area contributed by atoms with Crippen LogP contribution in [0.2, 0.25) is 0 Å². The molecule has 0 saturated carbocycles. The van der Waals surface area contributed by atoms with Crippen molar-refractivity contribution in [1.29, 1.82) is 0 Å². The summed E-state index contributed by atoms with van der Waals surface area (Å²) in [6.07, 6.45) is 4.55. The van der Waals surface area contributed by atoms with E-state index < -0.39 is 0 Å². The fraction of sp³-hybridized carbons (Fsp3) is 0.667. The van der Waals surface area contributed by atoms with Crippen LogP contribution in [-0.2, 0) is 14.3 Å². The number of hydrogen-bond donors (Lipinski definition) is 0. The number of rotatable bonds is 0. The summed E-state index contributed by atoms with van der Waals surface area (Å²) in [7, 11) is 0. The highest BCUT2D eigenvalue weighted by molar-refractivity contribution is 6.22. The van der Waals surface area contributed by atoms with Crippen LogP contribution in [0.3, 0.4) is 0 Å². The zero-order valence-corrected chi connectivity index (χ0v) is 12.1. The third kappa shape index (κ3) is 2.13. The molecule has 3 aliphatic rings. The van der Waals surface area contributed by atoms with E-state index in [1.807, 2.05) is 6.92 Å². The third-order valence-corrected chi connectivity index (χ3v) is 5.17. The lowest BCUT2D eigenvalue weighted by molar-refractivity contribution is -0.140. The van der Waals surface area contributed by atoms with Gasteiger partial charge in [0, 0.05) is 11.5 Å². The Morgan fingerprint density at radius 1 is 1.53 bits per heavy atom. The van der Waals surface area contributed by atoms with Crippen LogP contribution in [0.1, 0.15) is 33.1 Å². The summed E-state index contributed by atoms with van der Waals surface area (Å²) < 4.78 is 11.3. The van der Waals surface area contributed by atoms with Gasteiger partial charge in [0.2, 0.25) is 0 Å². The number of epoxide rings is 1. The molecule has 0 aromatic carbocycles. The minimum absolute atomic E-state index is 0.00336. The van der Waals surface area contributed by atoms with Crippen molar-refractivity contribution in [2.24, 2.45) is 5.92 Å². The van der Waals surface area contributed by atoms with Gasteiger partial charge in [-0.3, -0.25) is 0 Å². The molecular formula is C15H19ClO3. The number of carbonyl (C=O) groups is 1. The molecule has 0 unspecified atom stereocenters. The summed E-state index contributed by atoms with van der Waals surface area (Å²) in [6, 6.07) is 0. The second-order valence-corrected chi connectivity index (χ2v) is 6.57. The van der Waals surface area contributed by atoms with E-state index in [1.165, 1.54) is 0 Å². The molecule has 19 heavy (non-hydrogen) atoms. The van der Waals surface area contributed by atoms with Gasteiger partial charge in [0.25, 0.3) is 0 Å². The average molecular weight is 283 g/mol. The molecule has 3 nitrogen and oxygen atoms in total. The monoisotopic (exact) mass is 282 g/mol. The van der Waals surface area contributed by atoms with Gasteiger partial charge < -0.3 is 9.47 Å². The first kappa shape index (κ1) is 13.2. The van der Waals surface area contributed by atoms with Crippen LogP contribution >= 0.6 is 11.6 Å².